The van der Waals surface area contributed by atoms with E-state index in [2.05, 4.69) is 15.2 Å². The van der Waals surface area contributed by atoms with Gasteiger partial charge in [0.25, 0.3) is 0 Å². The summed E-state index contributed by atoms with van der Waals surface area (Å²) in [7, 11) is 0. The van der Waals surface area contributed by atoms with Crippen LogP contribution in [0.1, 0.15) is 0 Å². The van der Waals surface area contributed by atoms with Crippen LogP contribution in [0.25, 0.3) is 11.3 Å². The van der Waals surface area contributed by atoms with E-state index in [1.165, 1.54) is 0 Å². The molecule has 1 aromatic heterocycles. The van der Waals surface area contributed by atoms with Gasteiger partial charge in [0.2, 0.25) is 0 Å². The average molecular weight is 269 g/mol. The highest BCUT2D eigenvalue weighted by atomic mass is 35.5. The molecule has 0 amide bonds. The van der Waals surface area contributed by atoms with Crippen molar-refractivity contribution < 1.29 is 0 Å². The molecule has 0 bridgehead atoms. The minimum Gasteiger partial charge on any atom is -0.386 e. The largest absolute Gasteiger partial charge is 0.386 e. The lowest BCUT2D eigenvalue weighted by atomic mass is 10.1. The summed E-state index contributed by atoms with van der Waals surface area (Å²) in [5, 5.41) is 7.36. The van der Waals surface area contributed by atoms with Crippen molar-refractivity contribution in [3.05, 3.63) is 35.5 Å². The van der Waals surface area contributed by atoms with Crippen molar-refractivity contribution in [3.8, 4) is 11.3 Å². The fraction of sp³-hybridized carbons (Fsp3) is 0.0909. The summed E-state index contributed by atoms with van der Waals surface area (Å²) >= 11 is 11.5. The van der Waals surface area contributed by atoms with Crippen molar-refractivity contribution in [1.82, 2.24) is 10.2 Å². The van der Waals surface area contributed by atoms with Crippen LogP contribution in [0.5, 0.6) is 0 Å². The third-order valence-corrected chi connectivity index (χ3v) is 2.66. The zero-order chi connectivity index (χ0) is 12.3. The molecule has 1 heterocycles. The fourth-order valence-electron chi connectivity index (χ4n) is 1.42. The summed E-state index contributed by atoms with van der Waals surface area (Å²) in [6.07, 6.45) is 1.67. The lowest BCUT2D eigenvalue weighted by Crippen LogP contribution is -2.12. The van der Waals surface area contributed by atoms with Gasteiger partial charge in [-0.05, 0) is 24.3 Å². The first-order valence-electron chi connectivity index (χ1n) is 4.89. The second-order valence-corrected chi connectivity index (χ2v) is 4.07. The normalized spacial score (nSPS) is 11.8. The Kier molecular flexibility index (Phi) is 3.66. The summed E-state index contributed by atoms with van der Waals surface area (Å²) in [4.78, 5) is 4.22. The van der Waals surface area contributed by atoms with E-state index in [0.29, 0.717) is 16.5 Å². The quantitative estimate of drug-likeness (QED) is 0.511. The Balaban J connectivity index is 2.52. The highest BCUT2D eigenvalue weighted by Crippen LogP contribution is 2.31. The van der Waals surface area contributed by atoms with Crippen LogP contribution in [0.4, 0.5) is 5.69 Å². The van der Waals surface area contributed by atoms with E-state index >= 15 is 0 Å². The van der Waals surface area contributed by atoms with Crippen LogP contribution in [0, 0.1) is 0 Å². The van der Waals surface area contributed by atoms with Crippen molar-refractivity contribution in [3.63, 3.8) is 0 Å². The molecule has 0 saturated heterocycles. The molecule has 0 atom stereocenters. The topological polar surface area (TPSA) is 67.1 Å². The summed E-state index contributed by atoms with van der Waals surface area (Å²) < 4.78 is 0. The van der Waals surface area contributed by atoms with E-state index in [4.69, 9.17) is 28.9 Å². The predicted octanol–water partition coefficient (Wildman–Crippen LogP) is 2.96. The molecule has 0 radical (unpaired) electrons. The number of nitrogens with one attached hydrogen (secondary N) is 1. The maximum atomic E-state index is 5.94. The zero-order valence-corrected chi connectivity index (χ0v) is 10.3. The van der Waals surface area contributed by atoms with Crippen LogP contribution in [-0.2, 0) is 0 Å². The van der Waals surface area contributed by atoms with Gasteiger partial charge in [-0.25, -0.2) is 4.99 Å². The fourth-order valence-corrected chi connectivity index (χ4v) is 1.64. The molecule has 0 saturated carbocycles. The van der Waals surface area contributed by atoms with Crippen LogP contribution >= 0.6 is 23.2 Å². The number of amidine groups is 1. The Hall–Kier alpha value is -1.52. The number of aromatic amines is 1. The van der Waals surface area contributed by atoms with Gasteiger partial charge in [0, 0.05) is 16.8 Å². The van der Waals surface area contributed by atoms with Crippen molar-refractivity contribution in [2.45, 2.75) is 0 Å². The molecule has 0 spiro atoms. The number of aliphatic imine (C=N–C) groups is 1. The predicted molar refractivity (Wildman–Crippen MR) is 71.0 cm³/mol. The summed E-state index contributed by atoms with van der Waals surface area (Å²) in [5.41, 5.74) is 8.02. The van der Waals surface area contributed by atoms with E-state index in [9.17, 15) is 0 Å². The SMILES string of the molecule is NC(CCl)=Nc1cc(Cl)ccc1-c1ccn[nH]1. The Morgan fingerprint density at radius 3 is 2.88 bits per heavy atom. The Morgan fingerprint density at radius 2 is 2.24 bits per heavy atom. The highest BCUT2D eigenvalue weighted by molar-refractivity contribution is 6.31. The molecule has 0 aliphatic rings. The first-order chi connectivity index (χ1) is 8.20. The number of halogens is 2. The molecule has 2 rings (SSSR count). The number of aromatic nitrogens is 2. The maximum Gasteiger partial charge on any atom is 0.115 e. The average Bonchev–Trinajstić information content (AvgIpc) is 2.82. The Morgan fingerprint density at radius 1 is 1.41 bits per heavy atom. The smallest absolute Gasteiger partial charge is 0.115 e. The molecular weight excluding hydrogens is 259 g/mol. The van der Waals surface area contributed by atoms with E-state index in [1.54, 1.807) is 18.3 Å². The highest BCUT2D eigenvalue weighted by Gasteiger charge is 2.07. The van der Waals surface area contributed by atoms with Crippen molar-refractivity contribution >= 4 is 34.7 Å². The molecule has 0 aliphatic heterocycles. The standard InChI is InChI=1S/C11H10Cl2N4/c12-6-11(14)16-10-5-7(13)1-2-8(10)9-3-4-15-17-9/h1-5H,6H2,(H2,14,16)(H,15,17). The molecule has 88 valence electrons. The van der Waals surface area contributed by atoms with Crippen LogP contribution in [0.2, 0.25) is 5.02 Å². The number of benzene rings is 1. The second-order valence-electron chi connectivity index (χ2n) is 3.37. The number of H-pyrrole nitrogens is 1. The van der Waals surface area contributed by atoms with Gasteiger partial charge in [0.15, 0.2) is 0 Å². The summed E-state index contributed by atoms with van der Waals surface area (Å²) in [5.74, 6) is 0.518. The molecular formula is C11H10Cl2N4. The molecule has 17 heavy (non-hydrogen) atoms. The molecule has 0 fully saturated rings. The van der Waals surface area contributed by atoms with E-state index in [-0.39, 0.29) is 5.88 Å². The van der Waals surface area contributed by atoms with Crippen LogP contribution < -0.4 is 5.73 Å². The number of hydrogen-bond donors (Lipinski definition) is 2. The van der Waals surface area contributed by atoms with Gasteiger partial charge in [0.05, 0.1) is 17.3 Å². The minimum atomic E-state index is 0.176. The van der Waals surface area contributed by atoms with Crippen LogP contribution in [0.15, 0.2) is 35.5 Å². The minimum absolute atomic E-state index is 0.176. The Labute approximate surface area is 108 Å². The molecule has 3 N–H and O–H groups in total. The van der Waals surface area contributed by atoms with Crippen molar-refractivity contribution in [2.75, 3.05) is 5.88 Å². The first-order valence-corrected chi connectivity index (χ1v) is 5.80. The second kappa shape index (κ2) is 5.21. The molecule has 1 aromatic carbocycles. The Bertz CT molecular complexity index is 534. The lowest BCUT2D eigenvalue weighted by Gasteiger charge is -2.05. The third-order valence-electron chi connectivity index (χ3n) is 2.15. The third kappa shape index (κ3) is 2.78. The molecule has 0 unspecified atom stereocenters. The van der Waals surface area contributed by atoms with Gasteiger partial charge in [-0.15, -0.1) is 11.6 Å². The molecule has 2 aromatic rings. The zero-order valence-electron chi connectivity index (χ0n) is 8.82. The van der Waals surface area contributed by atoms with Gasteiger partial charge < -0.3 is 5.73 Å². The van der Waals surface area contributed by atoms with E-state index in [0.717, 1.165) is 11.3 Å². The number of alkyl halides is 1. The van der Waals surface area contributed by atoms with E-state index < -0.39 is 0 Å². The van der Waals surface area contributed by atoms with E-state index in [1.807, 2.05) is 12.1 Å². The van der Waals surface area contributed by atoms with Crippen molar-refractivity contribution in [1.29, 1.82) is 0 Å². The molecule has 0 aliphatic carbocycles. The number of nitrogens with two attached hydrogens (primary N) is 1. The summed E-state index contributed by atoms with van der Waals surface area (Å²) in [6, 6.07) is 7.22. The monoisotopic (exact) mass is 268 g/mol. The van der Waals surface area contributed by atoms with Gasteiger partial charge in [-0.2, -0.15) is 5.10 Å². The van der Waals surface area contributed by atoms with Gasteiger partial charge in [0.1, 0.15) is 5.84 Å². The van der Waals surface area contributed by atoms with Crippen molar-refractivity contribution in [2.24, 2.45) is 10.7 Å². The lowest BCUT2D eigenvalue weighted by molar-refractivity contribution is 1.09. The molecule has 6 heteroatoms. The number of nitrogens with zero attached hydrogens (tertiary/aromatic N) is 2. The molecule has 4 nitrogen and oxygen atoms in total. The van der Waals surface area contributed by atoms with Gasteiger partial charge >= 0.3 is 0 Å². The van der Waals surface area contributed by atoms with Crippen LogP contribution in [-0.4, -0.2) is 21.9 Å². The van der Waals surface area contributed by atoms with Gasteiger partial charge in [-0.1, -0.05) is 11.6 Å². The number of rotatable bonds is 3. The first kappa shape index (κ1) is 12.0. The maximum absolute atomic E-state index is 5.94. The van der Waals surface area contributed by atoms with Crippen LogP contribution in [0.3, 0.4) is 0 Å². The summed E-state index contributed by atoms with van der Waals surface area (Å²) in [6.45, 7) is 0. The van der Waals surface area contributed by atoms with Gasteiger partial charge in [-0.3, -0.25) is 5.10 Å². The number of hydrogen-bond acceptors (Lipinski definition) is 2.